The van der Waals surface area contributed by atoms with Crippen molar-refractivity contribution < 1.29 is 4.79 Å². The molecule has 1 aliphatic heterocycles. The Labute approximate surface area is 139 Å². The zero-order chi connectivity index (χ0) is 14.7. The van der Waals surface area contributed by atoms with E-state index in [0.29, 0.717) is 6.54 Å². The molecular weight excluding hydrogens is 298 g/mol. The van der Waals surface area contributed by atoms with E-state index in [-0.39, 0.29) is 24.4 Å². The zero-order valence-corrected chi connectivity index (χ0v) is 14.0. The van der Waals surface area contributed by atoms with Gasteiger partial charge in [-0.3, -0.25) is 4.79 Å². The van der Waals surface area contributed by atoms with Crippen LogP contribution in [-0.2, 0) is 4.79 Å². The molecule has 22 heavy (non-hydrogen) atoms. The number of carbonyl (C=O) groups is 1. The number of rotatable bonds is 5. The van der Waals surface area contributed by atoms with Crippen molar-refractivity contribution in [1.82, 2.24) is 15.1 Å². The highest BCUT2D eigenvalue weighted by Crippen LogP contribution is 2.28. The summed E-state index contributed by atoms with van der Waals surface area (Å²) in [5.41, 5.74) is 1.24. The molecule has 1 amide bonds. The fourth-order valence-corrected chi connectivity index (χ4v) is 2.99. The Hall–Kier alpha value is -1.10. The van der Waals surface area contributed by atoms with Gasteiger partial charge in [-0.15, -0.1) is 12.4 Å². The highest BCUT2D eigenvalue weighted by Gasteiger charge is 2.30. The van der Waals surface area contributed by atoms with Gasteiger partial charge in [-0.2, -0.15) is 0 Å². The van der Waals surface area contributed by atoms with Gasteiger partial charge in [0.15, 0.2) is 0 Å². The molecule has 0 bridgehead atoms. The quantitative estimate of drug-likeness (QED) is 0.899. The lowest BCUT2D eigenvalue weighted by Crippen LogP contribution is -2.51. The van der Waals surface area contributed by atoms with Gasteiger partial charge < -0.3 is 15.1 Å². The van der Waals surface area contributed by atoms with Crippen molar-refractivity contribution in [2.24, 2.45) is 5.92 Å². The molecular formula is C17H26ClN3O. The second-order valence-corrected chi connectivity index (χ2v) is 6.35. The highest BCUT2D eigenvalue weighted by atomic mass is 35.5. The third-order valence-corrected chi connectivity index (χ3v) is 4.49. The van der Waals surface area contributed by atoms with E-state index in [4.69, 9.17) is 0 Å². The van der Waals surface area contributed by atoms with Crippen LogP contribution >= 0.6 is 12.4 Å². The fraction of sp³-hybridized carbons (Fsp3) is 0.588. The predicted molar refractivity (Wildman–Crippen MR) is 91.2 cm³/mol. The summed E-state index contributed by atoms with van der Waals surface area (Å²) >= 11 is 0. The molecule has 1 atom stereocenters. The van der Waals surface area contributed by atoms with Crippen molar-refractivity contribution in [3.63, 3.8) is 0 Å². The molecule has 1 heterocycles. The molecule has 1 unspecified atom stereocenters. The van der Waals surface area contributed by atoms with Gasteiger partial charge in [-0.1, -0.05) is 30.3 Å². The van der Waals surface area contributed by atoms with E-state index < -0.39 is 0 Å². The Balaban J connectivity index is 0.00000176. The van der Waals surface area contributed by atoms with Gasteiger partial charge in [-0.25, -0.2) is 0 Å². The molecule has 1 saturated heterocycles. The number of hydrogen-bond donors (Lipinski definition) is 1. The minimum absolute atomic E-state index is 0. The van der Waals surface area contributed by atoms with Crippen LogP contribution in [0.4, 0.5) is 0 Å². The Morgan fingerprint density at radius 1 is 1.23 bits per heavy atom. The van der Waals surface area contributed by atoms with Gasteiger partial charge in [0.05, 0.1) is 12.6 Å². The third kappa shape index (κ3) is 4.45. The van der Waals surface area contributed by atoms with Crippen molar-refractivity contribution in [2.75, 3.05) is 39.8 Å². The maximum Gasteiger partial charge on any atom is 0.237 e. The number of benzene rings is 1. The fourth-order valence-electron chi connectivity index (χ4n) is 2.99. The monoisotopic (exact) mass is 323 g/mol. The number of carbonyl (C=O) groups excluding carboxylic acids is 1. The van der Waals surface area contributed by atoms with E-state index in [0.717, 1.165) is 32.1 Å². The van der Waals surface area contributed by atoms with E-state index in [2.05, 4.69) is 46.4 Å². The van der Waals surface area contributed by atoms with E-state index in [1.54, 1.807) is 0 Å². The molecule has 1 aromatic rings. The summed E-state index contributed by atoms with van der Waals surface area (Å²) < 4.78 is 0. The SMILES string of the molecule is CN1CCN(C(=O)CNCC2CC2)C(c2ccccc2)C1.Cl. The normalized spacial score (nSPS) is 22.2. The number of likely N-dealkylation sites (N-methyl/N-ethyl adjacent to an activating group) is 1. The van der Waals surface area contributed by atoms with Gasteiger partial charge in [0.2, 0.25) is 5.91 Å². The lowest BCUT2D eigenvalue weighted by molar-refractivity contribution is -0.135. The molecule has 5 heteroatoms. The van der Waals surface area contributed by atoms with Crippen LogP contribution in [-0.4, -0.2) is 55.5 Å². The van der Waals surface area contributed by atoms with Gasteiger partial charge in [0, 0.05) is 19.6 Å². The first-order valence-corrected chi connectivity index (χ1v) is 7.97. The van der Waals surface area contributed by atoms with E-state index >= 15 is 0 Å². The Kier molecular flexibility index (Phi) is 6.24. The second-order valence-electron chi connectivity index (χ2n) is 6.35. The number of amides is 1. The molecule has 1 aliphatic carbocycles. The van der Waals surface area contributed by atoms with Crippen molar-refractivity contribution in [1.29, 1.82) is 0 Å². The molecule has 4 nitrogen and oxygen atoms in total. The lowest BCUT2D eigenvalue weighted by atomic mass is 10.0. The Morgan fingerprint density at radius 2 is 1.95 bits per heavy atom. The zero-order valence-electron chi connectivity index (χ0n) is 13.2. The predicted octanol–water partition coefficient (Wildman–Crippen LogP) is 1.92. The number of nitrogens with zero attached hydrogens (tertiary/aromatic N) is 2. The van der Waals surface area contributed by atoms with Crippen molar-refractivity contribution in [3.8, 4) is 0 Å². The number of halogens is 1. The summed E-state index contributed by atoms with van der Waals surface area (Å²) in [4.78, 5) is 16.9. The van der Waals surface area contributed by atoms with Crippen LogP contribution in [0.1, 0.15) is 24.4 Å². The third-order valence-electron chi connectivity index (χ3n) is 4.49. The van der Waals surface area contributed by atoms with E-state index in [1.807, 2.05) is 6.07 Å². The molecule has 1 aromatic carbocycles. The second kappa shape index (κ2) is 7.95. The standard InChI is InChI=1S/C17H25N3O.ClH/c1-19-9-10-20(17(21)12-18-11-14-7-8-14)16(13-19)15-5-3-2-4-6-15;/h2-6,14,16,18H,7-13H2,1H3;1H. The van der Waals surface area contributed by atoms with Gasteiger partial charge in [0.25, 0.3) is 0 Å². The first-order chi connectivity index (χ1) is 10.2. The topological polar surface area (TPSA) is 35.6 Å². The van der Waals surface area contributed by atoms with Gasteiger partial charge in [-0.05, 0) is 37.9 Å². The molecule has 3 rings (SSSR count). The van der Waals surface area contributed by atoms with Gasteiger partial charge >= 0.3 is 0 Å². The lowest BCUT2D eigenvalue weighted by Gasteiger charge is -2.40. The highest BCUT2D eigenvalue weighted by molar-refractivity contribution is 5.85. The van der Waals surface area contributed by atoms with E-state index in [1.165, 1.54) is 18.4 Å². The Bertz CT molecular complexity index is 478. The summed E-state index contributed by atoms with van der Waals surface area (Å²) in [5.74, 6) is 1.05. The van der Waals surface area contributed by atoms with Crippen LogP contribution in [0.25, 0.3) is 0 Å². The van der Waals surface area contributed by atoms with Crippen LogP contribution in [0, 0.1) is 5.92 Å². The summed E-state index contributed by atoms with van der Waals surface area (Å²) in [6, 6.07) is 10.6. The van der Waals surface area contributed by atoms with Crippen molar-refractivity contribution in [2.45, 2.75) is 18.9 Å². The molecule has 0 radical (unpaired) electrons. The van der Waals surface area contributed by atoms with Crippen LogP contribution in [0.15, 0.2) is 30.3 Å². The van der Waals surface area contributed by atoms with E-state index in [9.17, 15) is 4.79 Å². The Morgan fingerprint density at radius 3 is 2.64 bits per heavy atom. The number of piperazine rings is 1. The first-order valence-electron chi connectivity index (χ1n) is 7.97. The average molecular weight is 324 g/mol. The largest absolute Gasteiger partial charge is 0.332 e. The molecule has 2 fully saturated rings. The summed E-state index contributed by atoms with van der Waals surface area (Å²) in [6.45, 7) is 4.16. The number of hydrogen-bond acceptors (Lipinski definition) is 3. The minimum atomic E-state index is 0. The maximum absolute atomic E-state index is 12.5. The van der Waals surface area contributed by atoms with Crippen molar-refractivity contribution >= 4 is 18.3 Å². The van der Waals surface area contributed by atoms with Gasteiger partial charge in [0.1, 0.15) is 0 Å². The summed E-state index contributed by atoms with van der Waals surface area (Å²) in [7, 11) is 2.13. The molecule has 0 aromatic heterocycles. The first kappa shape index (κ1) is 17.3. The average Bonchev–Trinajstić information content (AvgIpc) is 3.32. The van der Waals surface area contributed by atoms with Crippen LogP contribution in [0.5, 0.6) is 0 Å². The molecule has 1 saturated carbocycles. The molecule has 0 spiro atoms. The minimum Gasteiger partial charge on any atom is -0.332 e. The molecule has 1 N–H and O–H groups in total. The smallest absolute Gasteiger partial charge is 0.237 e. The van der Waals surface area contributed by atoms with Crippen molar-refractivity contribution in [3.05, 3.63) is 35.9 Å². The van der Waals surface area contributed by atoms with Crippen LogP contribution in [0.2, 0.25) is 0 Å². The van der Waals surface area contributed by atoms with Crippen LogP contribution < -0.4 is 5.32 Å². The molecule has 2 aliphatic rings. The number of nitrogens with one attached hydrogen (secondary N) is 1. The summed E-state index contributed by atoms with van der Waals surface area (Å²) in [6.07, 6.45) is 2.64. The maximum atomic E-state index is 12.5. The summed E-state index contributed by atoms with van der Waals surface area (Å²) in [5, 5.41) is 3.32. The van der Waals surface area contributed by atoms with Crippen LogP contribution in [0.3, 0.4) is 0 Å². The molecule has 122 valence electrons.